The molecule has 3 aromatic rings. The van der Waals surface area contributed by atoms with E-state index in [9.17, 15) is 9.59 Å². The lowest BCUT2D eigenvalue weighted by Gasteiger charge is -2.16. The number of amides is 2. The minimum Gasteiger partial charge on any atom is -0.494 e. The number of ether oxygens (including phenoxy) is 1. The summed E-state index contributed by atoms with van der Waals surface area (Å²) < 4.78 is 6.96. The van der Waals surface area contributed by atoms with Gasteiger partial charge in [0.1, 0.15) is 11.4 Å². The molecule has 0 atom stereocenters. The highest BCUT2D eigenvalue weighted by molar-refractivity contribution is 8.00. The molecule has 1 N–H and O–H groups in total. The van der Waals surface area contributed by atoms with E-state index in [2.05, 4.69) is 20.8 Å². The number of likely N-dealkylation sites (tertiary alicyclic amines) is 1. The molecule has 10 heteroatoms. The molecule has 9 nitrogen and oxygen atoms in total. The summed E-state index contributed by atoms with van der Waals surface area (Å²) in [5.41, 5.74) is 1.71. The number of nitrogens with zero attached hydrogens (tertiary/aromatic N) is 5. The predicted molar refractivity (Wildman–Crippen MR) is 121 cm³/mol. The van der Waals surface area contributed by atoms with Gasteiger partial charge in [-0.25, -0.2) is 0 Å². The van der Waals surface area contributed by atoms with E-state index in [0.29, 0.717) is 34.3 Å². The van der Waals surface area contributed by atoms with E-state index in [1.165, 1.54) is 11.8 Å². The topological polar surface area (TPSA) is 102 Å². The first-order chi connectivity index (χ1) is 15.6. The van der Waals surface area contributed by atoms with Gasteiger partial charge in [0.15, 0.2) is 5.82 Å². The van der Waals surface area contributed by atoms with Crippen LogP contribution in [0.5, 0.6) is 5.75 Å². The van der Waals surface area contributed by atoms with Crippen molar-refractivity contribution in [2.24, 2.45) is 0 Å². The van der Waals surface area contributed by atoms with Crippen LogP contribution in [0.3, 0.4) is 0 Å². The van der Waals surface area contributed by atoms with Gasteiger partial charge in [0.05, 0.1) is 18.4 Å². The summed E-state index contributed by atoms with van der Waals surface area (Å²) in [5.74, 6) is 1.34. The second-order valence-electron chi connectivity index (χ2n) is 7.35. The van der Waals surface area contributed by atoms with Crippen molar-refractivity contribution in [2.45, 2.75) is 24.7 Å². The number of nitrogens with one attached hydrogen (secondary N) is 1. The highest BCUT2D eigenvalue weighted by Crippen LogP contribution is 2.28. The molecule has 166 valence electrons. The van der Waals surface area contributed by atoms with Crippen molar-refractivity contribution < 1.29 is 14.3 Å². The summed E-state index contributed by atoms with van der Waals surface area (Å²) in [4.78, 5) is 28.1. The van der Waals surface area contributed by atoms with Crippen LogP contribution in [0.15, 0.2) is 47.4 Å². The lowest BCUT2D eigenvalue weighted by atomic mass is 10.2. The van der Waals surface area contributed by atoms with Crippen LogP contribution in [0.25, 0.3) is 5.69 Å². The third kappa shape index (κ3) is 4.75. The third-order valence-corrected chi connectivity index (χ3v) is 6.29. The second kappa shape index (κ2) is 9.82. The van der Waals surface area contributed by atoms with Gasteiger partial charge in [-0.1, -0.05) is 12.1 Å². The van der Waals surface area contributed by atoms with Crippen molar-refractivity contribution in [2.75, 3.05) is 31.3 Å². The summed E-state index contributed by atoms with van der Waals surface area (Å²) in [6, 6.07) is 12.6. The van der Waals surface area contributed by atoms with Crippen LogP contribution in [-0.2, 0) is 4.79 Å². The normalized spacial score (nSPS) is 13.2. The van der Waals surface area contributed by atoms with E-state index in [1.807, 2.05) is 23.1 Å². The number of hydrogen-bond acceptors (Lipinski definition) is 7. The van der Waals surface area contributed by atoms with Gasteiger partial charge in [-0.2, -0.15) is 4.68 Å². The summed E-state index contributed by atoms with van der Waals surface area (Å²) in [7, 11) is 1.56. The molecular weight excluding hydrogens is 428 g/mol. The van der Waals surface area contributed by atoms with Gasteiger partial charge in [-0.05, 0) is 60.5 Å². The first kappa shape index (κ1) is 21.8. The Hall–Kier alpha value is -3.40. The van der Waals surface area contributed by atoms with Gasteiger partial charge in [0.25, 0.3) is 5.91 Å². The standard InChI is InChI=1S/C22H24N6O3S/c1-15-24-25-26-28(15)18-13-16(9-10-19(18)31-2)23-22(30)17-7-3-4-8-20(17)32-14-21(29)27-11-5-6-12-27/h3-4,7-10,13H,5-6,11-12,14H2,1-2H3,(H,23,30). The van der Waals surface area contributed by atoms with Gasteiger partial charge in [-0.3, -0.25) is 9.59 Å². The Morgan fingerprint density at radius 2 is 1.94 bits per heavy atom. The molecule has 0 unspecified atom stereocenters. The van der Waals surface area contributed by atoms with E-state index in [1.54, 1.807) is 43.0 Å². The Labute approximate surface area is 190 Å². The van der Waals surface area contributed by atoms with Gasteiger partial charge in [-0.15, -0.1) is 16.9 Å². The Kier molecular flexibility index (Phi) is 6.69. The smallest absolute Gasteiger partial charge is 0.256 e. The number of thioether (sulfide) groups is 1. The highest BCUT2D eigenvalue weighted by atomic mass is 32.2. The Morgan fingerprint density at radius 1 is 1.16 bits per heavy atom. The molecule has 0 spiro atoms. The lowest BCUT2D eigenvalue weighted by Crippen LogP contribution is -2.29. The fourth-order valence-electron chi connectivity index (χ4n) is 3.56. The maximum atomic E-state index is 13.1. The average molecular weight is 453 g/mol. The average Bonchev–Trinajstić information content (AvgIpc) is 3.49. The zero-order chi connectivity index (χ0) is 22.5. The molecule has 0 bridgehead atoms. The van der Waals surface area contributed by atoms with E-state index in [-0.39, 0.29) is 11.8 Å². The van der Waals surface area contributed by atoms with E-state index < -0.39 is 0 Å². The van der Waals surface area contributed by atoms with Gasteiger partial charge < -0.3 is 15.0 Å². The van der Waals surface area contributed by atoms with Crippen molar-refractivity contribution in [3.63, 3.8) is 0 Å². The number of aromatic nitrogens is 4. The predicted octanol–water partition coefficient (Wildman–Crippen LogP) is 2.95. The monoisotopic (exact) mass is 452 g/mol. The van der Waals surface area contributed by atoms with E-state index in [4.69, 9.17) is 4.74 Å². The molecule has 0 saturated carbocycles. The first-order valence-corrected chi connectivity index (χ1v) is 11.3. The molecule has 1 saturated heterocycles. The largest absolute Gasteiger partial charge is 0.494 e. The van der Waals surface area contributed by atoms with Gasteiger partial charge in [0.2, 0.25) is 5.91 Å². The number of tetrazole rings is 1. The van der Waals surface area contributed by atoms with Crippen LogP contribution in [-0.4, -0.2) is 62.9 Å². The third-order valence-electron chi connectivity index (χ3n) is 5.23. The van der Waals surface area contributed by atoms with Crippen LogP contribution in [0, 0.1) is 6.92 Å². The molecule has 1 aromatic heterocycles. The van der Waals surface area contributed by atoms with Gasteiger partial charge in [0, 0.05) is 23.7 Å². The van der Waals surface area contributed by atoms with Crippen LogP contribution >= 0.6 is 11.8 Å². The van der Waals surface area contributed by atoms with E-state index >= 15 is 0 Å². The minimum absolute atomic E-state index is 0.110. The molecule has 1 fully saturated rings. The number of hydrogen-bond donors (Lipinski definition) is 1. The molecule has 2 amide bonds. The number of benzene rings is 2. The molecule has 2 aromatic carbocycles. The molecule has 1 aliphatic heterocycles. The fourth-order valence-corrected chi connectivity index (χ4v) is 4.52. The quantitative estimate of drug-likeness (QED) is 0.550. The van der Waals surface area contributed by atoms with Crippen molar-refractivity contribution in [1.29, 1.82) is 0 Å². The summed E-state index contributed by atoms with van der Waals surface area (Å²) in [6.45, 7) is 3.42. The highest BCUT2D eigenvalue weighted by Gasteiger charge is 2.20. The fraction of sp³-hybridized carbons (Fsp3) is 0.318. The van der Waals surface area contributed by atoms with Gasteiger partial charge >= 0.3 is 0 Å². The number of rotatable bonds is 7. The van der Waals surface area contributed by atoms with Crippen molar-refractivity contribution >= 4 is 29.3 Å². The minimum atomic E-state index is -0.258. The zero-order valence-corrected chi connectivity index (χ0v) is 18.8. The van der Waals surface area contributed by atoms with Crippen LogP contribution in [0.1, 0.15) is 29.0 Å². The maximum Gasteiger partial charge on any atom is 0.256 e. The number of aryl methyl sites for hydroxylation is 1. The van der Waals surface area contributed by atoms with Crippen molar-refractivity contribution in [1.82, 2.24) is 25.1 Å². The molecule has 1 aliphatic rings. The van der Waals surface area contributed by atoms with E-state index in [0.717, 1.165) is 30.8 Å². The van der Waals surface area contributed by atoms with Crippen LogP contribution in [0.2, 0.25) is 0 Å². The Balaban J connectivity index is 1.51. The first-order valence-electron chi connectivity index (χ1n) is 10.3. The summed E-state index contributed by atoms with van der Waals surface area (Å²) in [5, 5.41) is 14.5. The lowest BCUT2D eigenvalue weighted by molar-refractivity contribution is -0.127. The SMILES string of the molecule is COc1ccc(NC(=O)c2ccccc2SCC(=O)N2CCCC2)cc1-n1nnnc1C. The molecular formula is C22H24N6O3S. The molecule has 2 heterocycles. The van der Waals surface area contributed by atoms with Crippen molar-refractivity contribution in [3.05, 3.63) is 53.9 Å². The molecule has 4 rings (SSSR count). The van der Waals surface area contributed by atoms with Crippen LogP contribution < -0.4 is 10.1 Å². The van der Waals surface area contributed by atoms with Crippen LogP contribution in [0.4, 0.5) is 5.69 Å². The maximum absolute atomic E-state index is 13.1. The second-order valence-corrected chi connectivity index (χ2v) is 8.37. The number of carbonyl (C=O) groups is 2. The molecule has 0 aliphatic carbocycles. The van der Waals surface area contributed by atoms with Crippen molar-refractivity contribution in [3.8, 4) is 11.4 Å². The molecule has 0 radical (unpaired) electrons. The Morgan fingerprint density at radius 3 is 2.66 bits per heavy atom. The zero-order valence-electron chi connectivity index (χ0n) is 17.9. The summed E-state index contributed by atoms with van der Waals surface area (Å²) >= 11 is 1.39. The number of carbonyl (C=O) groups excluding carboxylic acids is 2. The number of anilines is 1. The Bertz CT molecular complexity index is 1130. The summed E-state index contributed by atoms with van der Waals surface area (Å²) in [6.07, 6.45) is 2.12. The molecule has 32 heavy (non-hydrogen) atoms. The number of methoxy groups -OCH3 is 1.